The Kier molecular flexibility index (Phi) is 3.41. The molecule has 106 valence electrons. The monoisotopic (exact) mass is 321 g/mol. The maximum Gasteiger partial charge on any atom is 0.226 e. The highest BCUT2D eigenvalue weighted by atomic mass is 32.2. The van der Waals surface area contributed by atoms with Crippen LogP contribution in [0.1, 0.15) is 10.4 Å². The summed E-state index contributed by atoms with van der Waals surface area (Å²) in [5.41, 5.74) is 1.66. The molecule has 0 N–H and O–H groups in total. The average Bonchev–Trinajstić information content (AvgIpc) is 2.96. The number of carbonyl (C=O) groups is 1. The zero-order valence-electron chi connectivity index (χ0n) is 11.5. The van der Waals surface area contributed by atoms with E-state index in [0.29, 0.717) is 5.56 Å². The molecule has 0 saturated carbocycles. The van der Waals surface area contributed by atoms with Gasteiger partial charge in [0.25, 0.3) is 0 Å². The summed E-state index contributed by atoms with van der Waals surface area (Å²) in [6.07, 6.45) is 0. The van der Waals surface area contributed by atoms with Crippen LogP contribution in [-0.4, -0.2) is 10.1 Å². The predicted molar refractivity (Wildman–Crippen MR) is 93.8 cm³/mol. The fourth-order valence-corrected chi connectivity index (χ4v) is 4.26. The van der Waals surface area contributed by atoms with E-state index in [1.54, 1.807) is 11.3 Å². The number of thiazole rings is 1. The van der Waals surface area contributed by atoms with E-state index in [4.69, 9.17) is 0 Å². The summed E-state index contributed by atoms with van der Waals surface area (Å²) in [6.45, 7) is 0. The van der Waals surface area contributed by atoms with Crippen molar-refractivity contribution < 1.29 is 4.79 Å². The van der Waals surface area contributed by atoms with Gasteiger partial charge in [0, 0.05) is 5.56 Å². The molecule has 0 aliphatic carbocycles. The lowest BCUT2D eigenvalue weighted by Crippen LogP contribution is -1.92. The van der Waals surface area contributed by atoms with Crippen molar-refractivity contribution in [3.8, 4) is 0 Å². The summed E-state index contributed by atoms with van der Waals surface area (Å²) in [4.78, 5) is 17.0. The molecule has 0 saturated heterocycles. The molecule has 0 aliphatic heterocycles. The number of benzene rings is 3. The van der Waals surface area contributed by atoms with Gasteiger partial charge in [-0.1, -0.05) is 42.5 Å². The Bertz CT molecular complexity index is 957. The van der Waals surface area contributed by atoms with E-state index in [-0.39, 0.29) is 5.12 Å². The molecule has 0 radical (unpaired) electrons. The Hall–Kier alpha value is -2.17. The minimum absolute atomic E-state index is 0.0322. The van der Waals surface area contributed by atoms with E-state index < -0.39 is 0 Å². The molecule has 1 aromatic heterocycles. The summed E-state index contributed by atoms with van der Waals surface area (Å²) in [7, 11) is 0. The van der Waals surface area contributed by atoms with Crippen molar-refractivity contribution in [2.45, 2.75) is 4.34 Å². The summed E-state index contributed by atoms with van der Waals surface area (Å²) in [6, 6.07) is 21.8. The van der Waals surface area contributed by atoms with Crippen LogP contribution in [0.2, 0.25) is 0 Å². The van der Waals surface area contributed by atoms with Gasteiger partial charge in [-0.25, -0.2) is 4.98 Å². The van der Waals surface area contributed by atoms with E-state index in [0.717, 1.165) is 25.3 Å². The summed E-state index contributed by atoms with van der Waals surface area (Å²) in [5.74, 6) is 0. The third kappa shape index (κ3) is 2.51. The average molecular weight is 321 g/mol. The Morgan fingerprint density at radius 3 is 2.55 bits per heavy atom. The number of para-hydroxylation sites is 1. The third-order valence-corrected chi connectivity index (χ3v) is 5.46. The van der Waals surface area contributed by atoms with E-state index in [1.165, 1.54) is 11.8 Å². The molecule has 0 atom stereocenters. The molecule has 4 rings (SSSR count). The molecule has 4 aromatic rings. The molecule has 1 heterocycles. The highest BCUT2D eigenvalue weighted by Crippen LogP contribution is 2.31. The van der Waals surface area contributed by atoms with E-state index in [9.17, 15) is 4.79 Å². The number of hydrogen-bond acceptors (Lipinski definition) is 4. The fraction of sp³-hybridized carbons (Fsp3) is 0. The molecule has 0 bridgehead atoms. The van der Waals surface area contributed by atoms with E-state index >= 15 is 0 Å². The maximum atomic E-state index is 12.5. The van der Waals surface area contributed by atoms with Crippen LogP contribution in [0.15, 0.2) is 71.1 Å². The van der Waals surface area contributed by atoms with Crippen molar-refractivity contribution in [1.82, 2.24) is 4.98 Å². The first-order valence-corrected chi connectivity index (χ1v) is 8.49. The van der Waals surface area contributed by atoms with Gasteiger partial charge in [-0.2, -0.15) is 0 Å². The van der Waals surface area contributed by atoms with Crippen LogP contribution >= 0.6 is 23.1 Å². The summed E-state index contributed by atoms with van der Waals surface area (Å²) < 4.78 is 1.90. The zero-order chi connectivity index (χ0) is 14.9. The topological polar surface area (TPSA) is 30.0 Å². The lowest BCUT2D eigenvalue weighted by atomic mass is 10.1. The Morgan fingerprint density at radius 2 is 1.68 bits per heavy atom. The molecule has 3 aromatic carbocycles. The van der Waals surface area contributed by atoms with Gasteiger partial charge in [-0.15, -0.1) is 11.3 Å². The molecule has 0 spiro atoms. The van der Waals surface area contributed by atoms with Crippen molar-refractivity contribution in [3.63, 3.8) is 0 Å². The predicted octanol–water partition coefficient (Wildman–Crippen LogP) is 5.38. The number of carbonyl (C=O) groups excluding carboxylic acids is 1. The van der Waals surface area contributed by atoms with E-state index in [2.05, 4.69) is 4.98 Å². The van der Waals surface area contributed by atoms with Gasteiger partial charge in [0.1, 0.15) is 0 Å². The van der Waals surface area contributed by atoms with Crippen LogP contribution in [0.4, 0.5) is 0 Å². The van der Waals surface area contributed by atoms with Gasteiger partial charge in [0.05, 0.1) is 10.2 Å². The van der Waals surface area contributed by atoms with Crippen molar-refractivity contribution in [2.24, 2.45) is 0 Å². The molecule has 0 unspecified atom stereocenters. The molecular weight excluding hydrogens is 310 g/mol. The molecular formula is C18H11NOS2. The van der Waals surface area contributed by atoms with Crippen molar-refractivity contribution in [1.29, 1.82) is 0 Å². The molecule has 2 nitrogen and oxygen atoms in total. The second kappa shape index (κ2) is 5.55. The first kappa shape index (κ1) is 13.5. The smallest absolute Gasteiger partial charge is 0.226 e. The number of hydrogen-bond donors (Lipinski definition) is 0. The van der Waals surface area contributed by atoms with Crippen LogP contribution < -0.4 is 0 Å². The highest BCUT2D eigenvalue weighted by molar-refractivity contribution is 8.15. The van der Waals surface area contributed by atoms with Crippen LogP contribution in [0, 0.1) is 0 Å². The molecule has 0 fully saturated rings. The van der Waals surface area contributed by atoms with Crippen LogP contribution in [0.3, 0.4) is 0 Å². The lowest BCUT2D eigenvalue weighted by molar-refractivity contribution is 0.108. The molecule has 4 heteroatoms. The van der Waals surface area contributed by atoms with Crippen LogP contribution in [-0.2, 0) is 0 Å². The first-order valence-electron chi connectivity index (χ1n) is 6.86. The maximum absolute atomic E-state index is 12.5. The van der Waals surface area contributed by atoms with Crippen LogP contribution in [0.5, 0.6) is 0 Å². The van der Waals surface area contributed by atoms with Gasteiger partial charge in [0.2, 0.25) is 5.12 Å². The Morgan fingerprint density at radius 1 is 0.909 bits per heavy atom. The highest BCUT2D eigenvalue weighted by Gasteiger charge is 2.12. The minimum Gasteiger partial charge on any atom is -0.281 e. The SMILES string of the molecule is O=C(Sc1nc2ccccc2s1)c1ccc2ccccc2c1. The molecule has 22 heavy (non-hydrogen) atoms. The van der Waals surface area contributed by atoms with Gasteiger partial charge >= 0.3 is 0 Å². The number of fused-ring (bicyclic) bond motifs is 2. The first-order chi connectivity index (χ1) is 10.8. The van der Waals surface area contributed by atoms with Crippen molar-refractivity contribution in [2.75, 3.05) is 0 Å². The standard InChI is InChI=1S/C18H11NOS2/c20-17(14-10-9-12-5-1-2-6-13(12)11-14)22-18-19-15-7-3-4-8-16(15)21-18/h1-11H. The van der Waals surface area contributed by atoms with Crippen LogP contribution in [0.25, 0.3) is 21.0 Å². The fourth-order valence-electron chi connectivity index (χ4n) is 2.35. The number of nitrogens with zero attached hydrogens (tertiary/aromatic N) is 1. The molecule has 0 amide bonds. The van der Waals surface area contributed by atoms with Crippen molar-refractivity contribution in [3.05, 3.63) is 72.3 Å². The van der Waals surface area contributed by atoms with Gasteiger partial charge in [0.15, 0.2) is 4.34 Å². The Labute approximate surface area is 135 Å². The Balaban J connectivity index is 1.65. The lowest BCUT2D eigenvalue weighted by Gasteiger charge is -2.01. The quantitative estimate of drug-likeness (QED) is 0.464. The normalized spacial score (nSPS) is 11.1. The van der Waals surface area contributed by atoms with Gasteiger partial charge in [-0.05, 0) is 46.8 Å². The summed E-state index contributed by atoms with van der Waals surface area (Å²) in [5, 5.41) is 2.26. The van der Waals surface area contributed by atoms with Crippen molar-refractivity contribution >= 4 is 49.2 Å². The number of rotatable bonds is 2. The van der Waals surface area contributed by atoms with Gasteiger partial charge in [-0.3, -0.25) is 4.79 Å². The second-order valence-electron chi connectivity index (χ2n) is 4.90. The van der Waals surface area contributed by atoms with E-state index in [1.807, 2.05) is 66.7 Å². The largest absolute Gasteiger partial charge is 0.281 e. The third-order valence-electron chi connectivity index (χ3n) is 3.44. The summed E-state index contributed by atoms with van der Waals surface area (Å²) >= 11 is 2.75. The van der Waals surface area contributed by atoms with Gasteiger partial charge < -0.3 is 0 Å². The molecule has 0 aliphatic rings. The minimum atomic E-state index is 0.0322. The number of thioether (sulfide) groups is 1. The number of aromatic nitrogens is 1. The second-order valence-corrected chi connectivity index (χ2v) is 7.15. The zero-order valence-corrected chi connectivity index (χ0v) is 13.2.